The molecule has 0 aliphatic heterocycles. The second-order valence-electron chi connectivity index (χ2n) is 8.83. The average molecular weight is 409 g/mol. The minimum absolute atomic E-state index is 0.0573. The fourth-order valence-corrected chi connectivity index (χ4v) is 4.64. The van der Waals surface area contributed by atoms with E-state index < -0.39 is 0 Å². The molecule has 2 aliphatic carbocycles. The molecule has 2 N–H and O–H groups in total. The first-order chi connectivity index (χ1) is 14.3. The number of rotatable bonds is 6. The molecule has 2 aromatic rings. The molecular weight excluding hydrogens is 382 g/mol. The molecule has 2 amide bonds. The standard InChI is InChI=1S/C23H27N3O4/c1-22(2)15-10-11-23(22,3)19(13-15)25-26-20(27)14-30-17-8-6-16(7-9-17)24-21(28)18-5-4-12-29-18/h4-9,12,15H,10-11,13-14H2,1-3H3,(H,24,28)(H,26,27)/b25-19-. The number of nitrogens with zero attached hydrogens (tertiary/aromatic N) is 1. The maximum Gasteiger partial charge on any atom is 0.291 e. The zero-order valence-electron chi connectivity index (χ0n) is 17.5. The number of carbonyl (C=O) groups is 2. The molecule has 2 atom stereocenters. The number of hydrogen-bond acceptors (Lipinski definition) is 5. The van der Waals surface area contributed by atoms with Crippen LogP contribution in [0.5, 0.6) is 5.75 Å². The highest BCUT2D eigenvalue weighted by molar-refractivity contribution is 6.02. The van der Waals surface area contributed by atoms with E-state index >= 15 is 0 Å². The summed E-state index contributed by atoms with van der Waals surface area (Å²) >= 11 is 0. The van der Waals surface area contributed by atoms with E-state index in [0.717, 1.165) is 18.6 Å². The van der Waals surface area contributed by atoms with Gasteiger partial charge >= 0.3 is 0 Å². The zero-order chi connectivity index (χ0) is 21.4. The van der Waals surface area contributed by atoms with Gasteiger partial charge in [-0.25, -0.2) is 5.43 Å². The zero-order valence-corrected chi connectivity index (χ0v) is 17.5. The van der Waals surface area contributed by atoms with E-state index in [-0.39, 0.29) is 35.0 Å². The lowest BCUT2D eigenvalue weighted by atomic mass is 9.70. The van der Waals surface area contributed by atoms with Crippen LogP contribution in [-0.2, 0) is 4.79 Å². The third-order valence-electron chi connectivity index (χ3n) is 7.05. The van der Waals surface area contributed by atoms with Gasteiger partial charge in [-0.05, 0) is 67.0 Å². The first-order valence-electron chi connectivity index (χ1n) is 10.2. The number of hydrazone groups is 1. The second kappa shape index (κ2) is 7.63. The first-order valence-corrected chi connectivity index (χ1v) is 10.2. The van der Waals surface area contributed by atoms with Gasteiger partial charge in [-0.2, -0.15) is 5.10 Å². The van der Waals surface area contributed by atoms with E-state index in [9.17, 15) is 9.59 Å². The van der Waals surface area contributed by atoms with E-state index in [1.54, 1.807) is 36.4 Å². The molecule has 7 heteroatoms. The number of fused-ring (bicyclic) bond motifs is 2. The van der Waals surface area contributed by atoms with Crippen LogP contribution in [0.25, 0.3) is 0 Å². The largest absolute Gasteiger partial charge is 0.484 e. The van der Waals surface area contributed by atoms with Gasteiger partial charge in [0.25, 0.3) is 11.8 Å². The van der Waals surface area contributed by atoms with Gasteiger partial charge in [0.15, 0.2) is 12.4 Å². The molecule has 2 saturated carbocycles. The Balaban J connectivity index is 1.27. The van der Waals surface area contributed by atoms with Crippen molar-refractivity contribution in [3.05, 3.63) is 48.4 Å². The number of benzene rings is 1. The molecule has 1 aromatic heterocycles. The van der Waals surface area contributed by atoms with Crippen molar-refractivity contribution in [2.75, 3.05) is 11.9 Å². The van der Waals surface area contributed by atoms with Gasteiger partial charge < -0.3 is 14.5 Å². The van der Waals surface area contributed by atoms with E-state index in [2.05, 4.69) is 36.6 Å². The second-order valence-corrected chi connectivity index (χ2v) is 8.83. The van der Waals surface area contributed by atoms with Gasteiger partial charge in [-0.3, -0.25) is 9.59 Å². The van der Waals surface area contributed by atoms with Crippen LogP contribution >= 0.6 is 0 Å². The summed E-state index contributed by atoms with van der Waals surface area (Å²) in [5.74, 6) is 0.788. The molecule has 30 heavy (non-hydrogen) atoms. The summed E-state index contributed by atoms with van der Waals surface area (Å²) in [6, 6.07) is 10.0. The maximum absolute atomic E-state index is 12.2. The number of carbonyl (C=O) groups excluding carboxylic acids is 2. The maximum atomic E-state index is 12.2. The molecule has 1 heterocycles. The van der Waals surface area contributed by atoms with Crippen molar-refractivity contribution in [3.8, 4) is 5.75 Å². The highest BCUT2D eigenvalue weighted by Gasteiger charge is 2.60. The number of amides is 2. The summed E-state index contributed by atoms with van der Waals surface area (Å²) in [5.41, 5.74) is 4.63. The monoisotopic (exact) mass is 409 g/mol. The fourth-order valence-electron chi connectivity index (χ4n) is 4.64. The van der Waals surface area contributed by atoms with E-state index in [4.69, 9.17) is 9.15 Å². The predicted molar refractivity (Wildman–Crippen MR) is 113 cm³/mol. The van der Waals surface area contributed by atoms with Crippen molar-refractivity contribution >= 4 is 23.2 Å². The molecule has 1 aromatic carbocycles. The normalized spacial score (nSPS) is 25.3. The van der Waals surface area contributed by atoms with Gasteiger partial charge in [-0.1, -0.05) is 20.8 Å². The number of furan rings is 1. The van der Waals surface area contributed by atoms with Crippen LogP contribution < -0.4 is 15.5 Å². The van der Waals surface area contributed by atoms with Crippen LogP contribution in [0.15, 0.2) is 52.2 Å². The molecule has 2 bridgehead atoms. The first kappa shape index (κ1) is 20.2. The van der Waals surface area contributed by atoms with Gasteiger partial charge in [0.1, 0.15) is 5.75 Å². The number of anilines is 1. The number of hydrogen-bond donors (Lipinski definition) is 2. The minimum atomic E-state index is -0.329. The lowest BCUT2D eigenvalue weighted by Gasteiger charge is -2.34. The van der Waals surface area contributed by atoms with Crippen molar-refractivity contribution < 1.29 is 18.7 Å². The Kier molecular flexibility index (Phi) is 5.13. The summed E-state index contributed by atoms with van der Waals surface area (Å²) in [7, 11) is 0. The Bertz CT molecular complexity index is 963. The summed E-state index contributed by atoms with van der Waals surface area (Å²) < 4.78 is 10.6. The molecule has 0 spiro atoms. The molecule has 4 rings (SSSR count). The van der Waals surface area contributed by atoms with Crippen molar-refractivity contribution in [2.24, 2.45) is 21.8 Å². The van der Waals surface area contributed by atoms with Crippen LogP contribution in [0.2, 0.25) is 0 Å². The summed E-state index contributed by atoms with van der Waals surface area (Å²) in [5, 5.41) is 7.16. The van der Waals surface area contributed by atoms with E-state index in [1.807, 2.05) is 0 Å². The molecule has 2 unspecified atom stereocenters. The molecular formula is C23H27N3O4. The third kappa shape index (κ3) is 3.60. The smallest absolute Gasteiger partial charge is 0.291 e. The average Bonchev–Trinajstić information content (AvgIpc) is 3.38. The van der Waals surface area contributed by atoms with Crippen LogP contribution in [0, 0.1) is 16.7 Å². The molecule has 158 valence electrons. The molecule has 0 radical (unpaired) electrons. The van der Waals surface area contributed by atoms with Crippen molar-refractivity contribution in [1.29, 1.82) is 0 Å². The topological polar surface area (TPSA) is 92.9 Å². The lowest BCUT2D eigenvalue weighted by molar-refractivity contribution is -0.123. The van der Waals surface area contributed by atoms with Gasteiger partial charge in [0, 0.05) is 16.8 Å². The van der Waals surface area contributed by atoms with Crippen LogP contribution in [0.4, 0.5) is 5.69 Å². The van der Waals surface area contributed by atoms with Gasteiger partial charge in [0.05, 0.1) is 6.26 Å². The predicted octanol–water partition coefficient (Wildman–Crippen LogP) is 4.23. The quantitative estimate of drug-likeness (QED) is 0.698. The summed E-state index contributed by atoms with van der Waals surface area (Å²) in [6.45, 7) is 6.74. The Hall–Kier alpha value is -3.09. The Labute approximate surface area is 175 Å². The minimum Gasteiger partial charge on any atom is -0.484 e. The highest BCUT2D eigenvalue weighted by Crippen LogP contribution is 2.63. The fraction of sp³-hybridized carbons (Fsp3) is 0.435. The third-order valence-corrected chi connectivity index (χ3v) is 7.05. The Morgan fingerprint density at radius 1 is 1.20 bits per heavy atom. The van der Waals surface area contributed by atoms with Gasteiger partial charge in [-0.15, -0.1) is 0 Å². The van der Waals surface area contributed by atoms with Crippen LogP contribution in [0.1, 0.15) is 50.6 Å². The Morgan fingerprint density at radius 2 is 1.97 bits per heavy atom. The number of nitrogens with one attached hydrogen (secondary N) is 2. The van der Waals surface area contributed by atoms with Crippen molar-refractivity contribution in [2.45, 2.75) is 40.0 Å². The highest BCUT2D eigenvalue weighted by atomic mass is 16.5. The molecule has 2 aliphatic rings. The van der Waals surface area contributed by atoms with Gasteiger partial charge in [0.2, 0.25) is 0 Å². The van der Waals surface area contributed by atoms with E-state index in [0.29, 0.717) is 17.4 Å². The van der Waals surface area contributed by atoms with Crippen LogP contribution in [0.3, 0.4) is 0 Å². The molecule has 0 saturated heterocycles. The summed E-state index contributed by atoms with van der Waals surface area (Å²) in [6.07, 6.45) is 4.76. The number of ether oxygens (including phenoxy) is 1. The SMILES string of the molecule is CC12CCC(C/C1=N/NC(=O)COc1ccc(NC(=O)c3ccco3)cc1)C2(C)C. The van der Waals surface area contributed by atoms with Crippen molar-refractivity contribution in [1.82, 2.24) is 5.43 Å². The summed E-state index contributed by atoms with van der Waals surface area (Å²) in [4.78, 5) is 24.1. The van der Waals surface area contributed by atoms with Crippen molar-refractivity contribution in [3.63, 3.8) is 0 Å². The van der Waals surface area contributed by atoms with Crippen LogP contribution in [-0.4, -0.2) is 24.1 Å². The molecule has 7 nitrogen and oxygen atoms in total. The lowest BCUT2D eigenvalue weighted by Crippen LogP contribution is -2.35. The van der Waals surface area contributed by atoms with E-state index in [1.165, 1.54) is 12.7 Å². The molecule has 2 fully saturated rings. The Morgan fingerprint density at radius 3 is 2.57 bits per heavy atom.